The van der Waals surface area contributed by atoms with Gasteiger partial charge in [0.05, 0.1) is 10.2 Å². The molecule has 0 heterocycles. The van der Waals surface area contributed by atoms with Crippen molar-refractivity contribution in [1.82, 2.24) is 0 Å². The van der Waals surface area contributed by atoms with Crippen LogP contribution in [0.1, 0.15) is 0 Å². The van der Waals surface area contributed by atoms with Crippen LogP contribution in [-0.2, 0) is 0 Å². The van der Waals surface area contributed by atoms with Crippen LogP contribution in [0.4, 0.5) is 0 Å². The van der Waals surface area contributed by atoms with E-state index in [1.54, 1.807) is 0 Å². The Hall–Kier alpha value is -1.16. The van der Waals surface area contributed by atoms with E-state index in [0.29, 0.717) is 5.19 Å². The number of hydrogen-bond donors (Lipinski definition) is 3. The first-order chi connectivity index (χ1) is 4.63. The summed E-state index contributed by atoms with van der Waals surface area (Å²) < 4.78 is 0. The molecule has 0 aliphatic heterocycles. The van der Waals surface area contributed by atoms with Gasteiger partial charge in [-0.25, -0.2) is 0 Å². The summed E-state index contributed by atoms with van der Waals surface area (Å²) in [6, 6.07) is 2.71. The summed E-state index contributed by atoms with van der Waals surface area (Å²) in [5, 5.41) is 26.9. The molecule has 0 spiro atoms. The predicted molar refractivity (Wildman–Crippen MR) is 36.8 cm³/mol. The van der Waals surface area contributed by atoms with Crippen LogP contribution in [-0.4, -0.2) is 25.6 Å². The second kappa shape index (κ2) is 2.22. The van der Waals surface area contributed by atoms with E-state index < -0.39 is 5.75 Å². The second-order valence-corrected chi connectivity index (χ2v) is 2.37. The molecule has 0 saturated heterocycles. The average molecular weight is 153 g/mol. The standard InChI is InChI=1S/C6H5O3Si/c7-3-1-2-4(10)6(9)5(3)8/h1-2,7-9H. The fourth-order valence-corrected chi connectivity index (χ4v) is 0.771. The molecule has 0 amide bonds. The molecule has 10 heavy (non-hydrogen) atoms. The molecule has 1 rings (SSSR count). The quantitative estimate of drug-likeness (QED) is 0.351. The van der Waals surface area contributed by atoms with Gasteiger partial charge in [0.15, 0.2) is 17.2 Å². The van der Waals surface area contributed by atoms with E-state index in [1.165, 1.54) is 12.1 Å². The summed E-state index contributed by atoms with van der Waals surface area (Å²) in [7, 11) is 3.01. The SMILES string of the molecule is Oc1ccc([Si])c(O)c1O. The lowest BCUT2D eigenvalue weighted by atomic mass is 10.3. The zero-order valence-electron chi connectivity index (χ0n) is 5.00. The normalized spacial score (nSPS) is 9.70. The summed E-state index contributed by atoms with van der Waals surface area (Å²) in [5.41, 5.74) is 0. The number of phenols is 3. The Morgan fingerprint density at radius 3 is 2.10 bits per heavy atom. The maximum Gasteiger partial charge on any atom is 0.200 e. The van der Waals surface area contributed by atoms with Crippen molar-refractivity contribution in [2.75, 3.05) is 0 Å². The van der Waals surface area contributed by atoms with E-state index in [9.17, 15) is 0 Å². The molecule has 0 aliphatic rings. The van der Waals surface area contributed by atoms with E-state index in [2.05, 4.69) is 10.2 Å². The molecule has 0 unspecified atom stereocenters. The van der Waals surface area contributed by atoms with Crippen LogP contribution < -0.4 is 5.19 Å². The Bertz CT molecular complexity index is 232. The Labute approximate surface area is 61.0 Å². The number of phenolic OH excluding ortho intramolecular Hbond substituents is 3. The van der Waals surface area contributed by atoms with Crippen molar-refractivity contribution in [3.63, 3.8) is 0 Å². The molecular weight excluding hydrogens is 148 g/mol. The zero-order chi connectivity index (χ0) is 7.72. The van der Waals surface area contributed by atoms with Gasteiger partial charge in [0.25, 0.3) is 0 Å². The molecular formula is C6H5O3Si. The fourth-order valence-electron chi connectivity index (χ4n) is 0.569. The van der Waals surface area contributed by atoms with E-state index in [0.717, 1.165) is 0 Å². The summed E-state index contributed by atoms with van der Waals surface area (Å²) >= 11 is 0. The summed E-state index contributed by atoms with van der Waals surface area (Å²) in [5.74, 6) is -1.19. The molecule has 0 atom stereocenters. The molecule has 0 aliphatic carbocycles. The van der Waals surface area contributed by atoms with Crippen molar-refractivity contribution in [3.8, 4) is 17.2 Å². The highest BCUT2D eigenvalue weighted by Crippen LogP contribution is 2.31. The molecule has 1 aromatic rings. The third-order valence-electron chi connectivity index (χ3n) is 1.13. The maximum absolute atomic E-state index is 8.93. The lowest BCUT2D eigenvalue weighted by Gasteiger charge is -2.01. The first kappa shape index (κ1) is 6.95. The number of benzene rings is 1. The second-order valence-electron chi connectivity index (χ2n) is 1.83. The van der Waals surface area contributed by atoms with Crippen LogP contribution in [0.5, 0.6) is 17.2 Å². The molecule has 1 aromatic carbocycles. The summed E-state index contributed by atoms with van der Waals surface area (Å²) in [4.78, 5) is 0. The van der Waals surface area contributed by atoms with Crippen molar-refractivity contribution >= 4 is 15.4 Å². The van der Waals surface area contributed by atoms with Crippen LogP contribution in [0, 0.1) is 0 Å². The smallest absolute Gasteiger partial charge is 0.200 e. The molecule has 0 aromatic heterocycles. The van der Waals surface area contributed by atoms with Gasteiger partial charge in [-0.05, 0) is 11.3 Å². The third kappa shape index (κ3) is 0.929. The average Bonchev–Trinajstić information content (AvgIpc) is 1.93. The Balaban J connectivity index is 3.34. The summed E-state index contributed by atoms with van der Waals surface area (Å²) in [6.07, 6.45) is 0. The predicted octanol–water partition coefficient (Wildman–Crippen LogP) is -0.403. The van der Waals surface area contributed by atoms with Crippen LogP contribution in [0.15, 0.2) is 12.1 Å². The highest BCUT2D eigenvalue weighted by Gasteiger charge is 2.06. The maximum atomic E-state index is 8.93. The minimum Gasteiger partial charge on any atom is -0.504 e. The first-order valence-corrected chi connectivity index (χ1v) is 3.08. The van der Waals surface area contributed by atoms with E-state index in [-0.39, 0.29) is 11.5 Å². The lowest BCUT2D eigenvalue weighted by Crippen LogP contribution is -2.00. The van der Waals surface area contributed by atoms with Crippen molar-refractivity contribution in [2.24, 2.45) is 0 Å². The first-order valence-electron chi connectivity index (χ1n) is 2.58. The van der Waals surface area contributed by atoms with Gasteiger partial charge in [-0.15, -0.1) is 0 Å². The van der Waals surface area contributed by atoms with Gasteiger partial charge in [-0.3, -0.25) is 0 Å². The largest absolute Gasteiger partial charge is 0.504 e. The lowest BCUT2D eigenvalue weighted by molar-refractivity contribution is 0.370. The van der Waals surface area contributed by atoms with Gasteiger partial charge in [0.1, 0.15) is 0 Å². The topological polar surface area (TPSA) is 60.7 Å². The zero-order valence-corrected chi connectivity index (χ0v) is 6.00. The van der Waals surface area contributed by atoms with Crippen LogP contribution in [0.2, 0.25) is 0 Å². The molecule has 3 radical (unpaired) electrons. The summed E-state index contributed by atoms with van der Waals surface area (Å²) in [6.45, 7) is 0. The third-order valence-corrected chi connectivity index (χ3v) is 1.53. The van der Waals surface area contributed by atoms with Gasteiger partial charge in [-0.1, -0.05) is 6.07 Å². The molecule has 3 nitrogen and oxygen atoms in total. The molecule has 0 saturated carbocycles. The number of hydrogen-bond acceptors (Lipinski definition) is 3. The van der Waals surface area contributed by atoms with Crippen LogP contribution in [0.3, 0.4) is 0 Å². The van der Waals surface area contributed by atoms with Crippen molar-refractivity contribution in [1.29, 1.82) is 0 Å². The van der Waals surface area contributed by atoms with Gasteiger partial charge < -0.3 is 15.3 Å². The van der Waals surface area contributed by atoms with Crippen molar-refractivity contribution < 1.29 is 15.3 Å². The van der Waals surface area contributed by atoms with Gasteiger partial charge in [-0.2, -0.15) is 0 Å². The Morgan fingerprint density at radius 2 is 1.60 bits per heavy atom. The van der Waals surface area contributed by atoms with Crippen LogP contribution >= 0.6 is 0 Å². The molecule has 51 valence electrons. The van der Waals surface area contributed by atoms with Crippen molar-refractivity contribution in [2.45, 2.75) is 0 Å². The Kier molecular flexibility index (Phi) is 1.54. The number of aromatic hydroxyl groups is 3. The molecule has 0 bridgehead atoms. The van der Waals surface area contributed by atoms with E-state index >= 15 is 0 Å². The molecule has 0 fully saturated rings. The van der Waals surface area contributed by atoms with Gasteiger partial charge in [0, 0.05) is 0 Å². The molecule has 4 heteroatoms. The van der Waals surface area contributed by atoms with Gasteiger partial charge in [0.2, 0.25) is 0 Å². The minimum absolute atomic E-state index is 0.334. The number of rotatable bonds is 0. The highest BCUT2D eigenvalue weighted by molar-refractivity contribution is 6.34. The Morgan fingerprint density at radius 1 is 1.00 bits per heavy atom. The molecule has 3 N–H and O–H groups in total. The highest BCUT2D eigenvalue weighted by atomic mass is 28.1. The van der Waals surface area contributed by atoms with Crippen LogP contribution in [0.25, 0.3) is 0 Å². The van der Waals surface area contributed by atoms with E-state index in [1.807, 2.05) is 0 Å². The fraction of sp³-hybridized carbons (Fsp3) is 0. The minimum atomic E-state index is -0.507. The van der Waals surface area contributed by atoms with Gasteiger partial charge >= 0.3 is 0 Å². The van der Waals surface area contributed by atoms with Crippen molar-refractivity contribution in [3.05, 3.63) is 12.1 Å². The monoisotopic (exact) mass is 153 g/mol. The van der Waals surface area contributed by atoms with E-state index in [4.69, 9.17) is 15.3 Å².